The second-order valence-corrected chi connectivity index (χ2v) is 3.98. The number of thiazole rings is 1. The number of fused-ring (bicyclic) bond motifs is 1. The molecule has 2 rings (SSSR count). The first-order valence-electron chi connectivity index (χ1n) is 4.46. The fourth-order valence-corrected chi connectivity index (χ4v) is 1.87. The second kappa shape index (κ2) is 3.89. The second-order valence-electron chi connectivity index (χ2n) is 3.15. The topological polar surface area (TPSA) is 63.8 Å². The maximum Gasteiger partial charge on any atom is 0.145 e. The lowest BCUT2D eigenvalue weighted by atomic mass is 10.3. The lowest BCUT2D eigenvalue weighted by Crippen LogP contribution is -2.25. The van der Waals surface area contributed by atoms with E-state index in [4.69, 9.17) is 5.73 Å². The Morgan fingerprint density at radius 1 is 1.57 bits per heavy atom. The zero-order valence-corrected chi connectivity index (χ0v) is 8.71. The summed E-state index contributed by atoms with van der Waals surface area (Å²) < 4.78 is 0. The summed E-state index contributed by atoms with van der Waals surface area (Å²) in [7, 11) is 0. The standard InChI is InChI=1S/C9H12N4S/c1-6(4-10)13-7-2-3-11-9-8(7)12-5-14-9/h2-3,5-6H,4,10H2,1H3,(H,11,13). The third kappa shape index (κ3) is 1.69. The average Bonchev–Trinajstić information content (AvgIpc) is 2.66. The van der Waals surface area contributed by atoms with Crippen LogP contribution in [0.2, 0.25) is 0 Å². The van der Waals surface area contributed by atoms with Crippen LogP contribution in [0.15, 0.2) is 17.8 Å². The van der Waals surface area contributed by atoms with Gasteiger partial charge in [-0.2, -0.15) is 0 Å². The highest BCUT2D eigenvalue weighted by molar-refractivity contribution is 7.16. The first-order valence-corrected chi connectivity index (χ1v) is 5.34. The maximum absolute atomic E-state index is 5.54. The fraction of sp³-hybridized carbons (Fsp3) is 0.333. The molecule has 4 nitrogen and oxygen atoms in total. The van der Waals surface area contributed by atoms with Crippen LogP contribution in [0.25, 0.3) is 10.3 Å². The van der Waals surface area contributed by atoms with Crippen LogP contribution < -0.4 is 11.1 Å². The maximum atomic E-state index is 5.54. The molecule has 0 aliphatic rings. The van der Waals surface area contributed by atoms with Crippen LogP contribution in [0, 0.1) is 0 Å². The number of hydrogen-bond donors (Lipinski definition) is 2. The first-order chi connectivity index (χ1) is 6.81. The minimum Gasteiger partial charge on any atom is -0.379 e. The predicted molar refractivity (Wildman–Crippen MR) is 59.6 cm³/mol. The Balaban J connectivity index is 2.36. The molecule has 0 saturated carbocycles. The molecule has 0 bridgehead atoms. The fourth-order valence-electron chi connectivity index (χ4n) is 1.22. The van der Waals surface area contributed by atoms with Gasteiger partial charge in [0.05, 0.1) is 11.2 Å². The van der Waals surface area contributed by atoms with Gasteiger partial charge in [-0.05, 0) is 13.0 Å². The van der Waals surface area contributed by atoms with Crippen molar-refractivity contribution in [2.45, 2.75) is 13.0 Å². The van der Waals surface area contributed by atoms with Gasteiger partial charge in [-0.1, -0.05) is 0 Å². The largest absolute Gasteiger partial charge is 0.379 e. The third-order valence-electron chi connectivity index (χ3n) is 1.99. The highest BCUT2D eigenvalue weighted by Crippen LogP contribution is 2.22. The van der Waals surface area contributed by atoms with Gasteiger partial charge in [0.25, 0.3) is 0 Å². The van der Waals surface area contributed by atoms with Gasteiger partial charge in [0, 0.05) is 18.8 Å². The molecule has 2 aromatic rings. The summed E-state index contributed by atoms with van der Waals surface area (Å²) in [4.78, 5) is 9.44. The van der Waals surface area contributed by atoms with Crippen LogP contribution in [-0.4, -0.2) is 22.6 Å². The van der Waals surface area contributed by atoms with Crippen LogP contribution in [0.5, 0.6) is 0 Å². The van der Waals surface area contributed by atoms with Crippen LogP contribution in [0.4, 0.5) is 5.69 Å². The molecule has 0 aliphatic carbocycles. The van der Waals surface area contributed by atoms with Gasteiger partial charge in [0.2, 0.25) is 0 Å². The van der Waals surface area contributed by atoms with Crippen molar-refractivity contribution in [1.29, 1.82) is 0 Å². The molecule has 3 N–H and O–H groups in total. The summed E-state index contributed by atoms with van der Waals surface area (Å²) in [6.45, 7) is 2.65. The first kappa shape index (κ1) is 9.36. The van der Waals surface area contributed by atoms with E-state index in [1.807, 2.05) is 13.0 Å². The van der Waals surface area contributed by atoms with Crippen molar-refractivity contribution >= 4 is 27.4 Å². The summed E-state index contributed by atoms with van der Waals surface area (Å²) >= 11 is 1.54. The van der Waals surface area contributed by atoms with Gasteiger partial charge in [0.15, 0.2) is 0 Å². The zero-order chi connectivity index (χ0) is 9.97. The van der Waals surface area contributed by atoms with Crippen LogP contribution in [0.3, 0.4) is 0 Å². The van der Waals surface area contributed by atoms with Crippen LogP contribution >= 0.6 is 11.3 Å². The Labute approximate surface area is 86.2 Å². The molecule has 2 heterocycles. The smallest absolute Gasteiger partial charge is 0.145 e. The summed E-state index contributed by atoms with van der Waals surface area (Å²) in [6.07, 6.45) is 1.78. The summed E-state index contributed by atoms with van der Waals surface area (Å²) in [5.41, 5.74) is 9.28. The van der Waals surface area contributed by atoms with Crippen molar-refractivity contribution in [3.63, 3.8) is 0 Å². The van der Waals surface area contributed by atoms with Crippen molar-refractivity contribution in [2.75, 3.05) is 11.9 Å². The Hall–Kier alpha value is -1.20. The van der Waals surface area contributed by atoms with Crippen LogP contribution in [0.1, 0.15) is 6.92 Å². The molecule has 0 spiro atoms. The highest BCUT2D eigenvalue weighted by atomic mass is 32.1. The van der Waals surface area contributed by atoms with Crippen molar-refractivity contribution in [3.05, 3.63) is 17.8 Å². The van der Waals surface area contributed by atoms with E-state index in [2.05, 4.69) is 15.3 Å². The third-order valence-corrected chi connectivity index (χ3v) is 2.73. The average molecular weight is 208 g/mol. The van der Waals surface area contributed by atoms with E-state index in [9.17, 15) is 0 Å². The molecule has 14 heavy (non-hydrogen) atoms. The van der Waals surface area contributed by atoms with E-state index < -0.39 is 0 Å². The predicted octanol–water partition coefficient (Wildman–Crippen LogP) is 1.45. The Bertz CT molecular complexity index is 425. The normalized spacial score (nSPS) is 13.0. The number of nitrogens with zero attached hydrogens (tertiary/aromatic N) is 2. The van der Waals surface area contributed by atoms with Gasteiger partial charge >= 0.3 is 0 Å². The number of pyridine rings is 1. The number of nitrogens with one attached hydrogen (secondary N) is 1. The van der Waals surface area contributed by atoms with E-state index in [1.165, 1.54) is 0 Å². The summed E-state index contributed by atoms with van der Waals surface area (Å²) in [5, 5.41) is 3.30. The quantitative estimate of drug-likeness (QED) is 0.801. The molecule has 0 radical (unpaired) electrons. The van der Waals surface area contributed by atoms with Gasteiger partial charge in [-0.15, -0.1) is 11.3 Å². The van der Waals surface area contributed by atoms with E-state index in [0.29, 0.717) is 6.54 Å². The monoisotopic (exact) mass is 208 g/mol. The molecule has 1 atom stereocenters. The molecule has 0 amide bonds. The molecule has 74 valence electrons. The lowest BCUT2D eigenvalue weighted by Gasteiger charge is -2.12. The molecule has 0 aliphatic heterocycles. The van der Waals surface area contributed by atoms with E-state index >= 15 is 0 Å². The summed E-state index contributed by atoms with van der Waals surface area (Å²) in [6, 6.07) is 2.18. The molecule has 1 unspecified atom stereocenters. The SMILES string of the molecule is CC(CN)Nc1ccnc2scnc12. The summed E-state index contributed by atoms with van der Waals surface area (Å²) in [5.74, 6) is 0. The molecule has 5 heteroatoms. The minimum atomic E-state index is 0.252. The lowest BCUT2D eigenvalue weighted by molar-refractivity contribution is 0.805. The van der Waals surface area contributed by atoms with Gasteiger partial charge in [-0.3, -0.25) is 0 Å². The Morgan fingerprint density at radius 3 is 3.21 bits per heavy atom. The van der Waals surface area contributed by atoms with E-state index in [0.717, 1.165) is 16.0 Å². The molecule has 0 aromatic carbocycles. The highest BCUT2D eigenvalue weighted by Gasteiger charge is 2.06. The van der Waals surface area contributed by atoms with Gasteiger partial charge < -0.3 is 11.1 Å². The number of nitrogens with two attached hydrogens (primary N) is 1. The molecular weight excluding hydrogens is 196 g/mol. The molecule has 2 aromatic heterocycles. The van der Waals surface area contributed by atoms with Crippen LogP contribution in [-0.2, 0) is 0 Å². The number of aromatic nitrogens is 2. The van der Waals surface area contributed by atoms with E-state index in [-0.39, 0.29) is 6.04 Å². The van der Waals surface area contributed by atoms with Gasteiger partial charge in [-0.25, -0.2) is 9.97 Å². The minimum absolute atomic E-state index is 0.252. The van der Waals surface area contributed by atoms with Gasteiger partial charge in [0.1, 0.15) is 10.3 Å². The van der Waals surface area contributed by atoms with Crippen molar-refractivity contribution in [1.82, 2.24) is 9.97 Å². The number of anilines is 1. The van der Waals surface area contributed by atoms with E-state index in [1.54, 1.807) is 23.0 Å². The zero-order valence-electron chi connectivity index (χ0n) is 7.90. The van der Waals surface area contributed by atoms with Crippen molar-refractivity contribution in [3.8, 4) is 0 Å². The molecule has 0 fully saturated rings. The number of hydrogen-bond acceptors (Lipinski definition) is 5. The molecule has 0 saturated heterocycles. The Morgan fingerprint density at radius 2 is 2.43 bits per heavy atom. The van der Waals surface area contributed by atoms with Crippen molar-refractivity contribution < 1.29 is 0 Å². The number of rotatable bonds is 3. The Kier molecular flexibility index (Phi) is 2.60. The van der Waals surface area contributed by atoms with Crippen molar-refractivity contribution in [2.24, 2.45) is 5.73 Å². The molecular formula is C9H12N4S.